The molecule has 0 aliphatic heterocycles. The summed E-state index contributed by atoms with van der Waals surface area (Å²) in [7, 11) is 0. The second-order valence-corrected chi connectivity index (χ2v) is 7.76. The molecule has 0 spiro atoms. The van der Waals surface area contributed by atoms with Crippen LogP contribution in [0.5, 0.6) is 0 Å². The number of nitrogens with one attached hydrogen (secondary N) is 1. The number of carboxylic acid groups (broad SMARTS) is 1. The molecule has 0 saturated heterocycles. The monoisotopic (exact) mass is 383 g/mol. The van der Waals surface area contributed by atoms with E-state index in [-0.39, 0.29) is 16.6 Å². The third-order valence-electron chi connectivity index (χ3n) is 3.67. The van der Waals surface area contributed by atoms with E-state index >= 15 is 0 Å². The predicted octanol–water partition coefficient (Wildman–Crippen LogP) is 2.81. The Morgan fingerprint density at radius 1 is 1.35 bits per heavy atom. The van der Waals surface area contributed by atoms with Gasteiger partial charge in [0.2, 0.25) is 5.71 Å². The first kappa shape index (κ1) is 19.8. The topological polar surface area (TPSA) is 127 Å². The van der Waals surface area contributed by atoms with Gasteiger partial charge < -0.3 is 14.7 Å². The molecule has 1 heterocycles. The average Bonchev–Trinajstić information content (AvgIpc) is 2.86. The van der Waals surface area contributed by atoms with Crippen molar-refractivity contribution in [3.63, 3.8) is 0 Å². The SMILES string of the molecule is CC(=O)C1(O/N=C(\C(=O)O)c2csc(NC(=O)OC(C)(C)C)n2)CCC1. The van der Waals surface area contributed by atoms with E-state index < -0.39 is 29.0 Å². The number of carboxylic acids is 1. The maximum absolute atomic E-state index is 11.7. The van der Waals surface area contributed by atoms with Crippen molar-refractivity contribution in [2.75, 3.05) is 5.32 Å². The van der Waals surface area contributed by atoms with Crippen LogP contribution in [0.2, 0.25) is 0 Å². The van der Waals surface area contributed by atoms with Crippen LogP contribution in [0, 0.1) is 0 Å². The molecule has 0 bridgehead atoms. The highest BCUT2D eigenvalue weighted by Gasteiger charge is 2.45. The summed E-state index contributed by atoms with van der Waals surface area (Å²) in [5.74, 6) is -1.54. The number of Topliss-reactive ketones (excluding diaryl/α,β-unsaturated/α-hetero) is 1. The number of anilines is 1. The van der Waals surface area contributed by atoms with E-state index in [9.17, 15) is 19.5 Å². The zero-order chi connectivity index (χ0) is 19.5. The molecule has 0 radical (unpaired) electrons. The van der Waals surface area contributed by atoms with Gasteiger partial charge in [-0.15, -0.1) is 11.3 Å². The van der Waals surface area contributed by atoms with Crippen LogP contribution >= 0.6 is 11.3 Å². The summed E-state index contributed by atoms with van der Waals surface area (Å²) < 4.78 is 5.11. The van der Waals surface area contributed by atoms with Crippen molar-refractivity contribution in [1.29, 1.82) is 0 Å². The molecule has 0 aromatic carbocycles. The van der Waals surface area contributed by atoms with Gasteiger partial charge in [0.25, 0.3) is 0 Å². The van der Waals surface area contributed by atoms with E-state index in [0.717, 1.165) is 17.8 Å². The fraction of sp³-hybridized carbons (Fsp3) is 0.562. The standard InChI is InChI=1S/C16H21N3O6S/c1-9(20)16(6-5-7-16)25-19-11(12(21)22)10-8-26-13(17-10)18-14(23)24-15(2,3)4/h8H,5-7H2,1-4H3,(H,21,22)(H,17,18,23)/b19-11-. The lowest BCUT2D eigenvalue weighted by Gasteiger charge is -2.36. The molecule has 1 aromatic rings. The zero-order valence-electron chi connectivity index (χ0n) is 15.0. The number of nitrogens with zero attached hydrogens (tertiary/aromatic N) is 2. The molecular formula is C16H21N3O6S. The van der Waals surface area contributed by atoms with Crippen molar-refractivity contribution >= 4 is 40.0 Å². The summed E-state index contributed by atoms with van der Waals surface area (Å²) in [6.45, 7) is 6.55. The van der Waals surface area contributed by atoms with Gasteiger partial charge in [0.1, 0.15) is 11.3 Å². The Bertz CT molecular complexity index is 745. The van der Waals surface area contributed by atoms with Gasteiger partial charge in [-0.05, 0) is 47.0 Å². The van der Waals surface area contributed by atoms with Gasteiger partial charge in [0.05, 0.1) is 0 Å². The van der Waals surface area contributed by atoms with Crippen LogP contribution < -0.4 is 5.32 Å². The molecule has 0 atom stereocenters. The molecule has 9 nitrogen and oxygen atoms in total. The molecular weight excluding hydrogens is 362 g/mol. The van der Waals surface area contributed by atoms with Gasteiger partial charge in [-0.2, -0.15) is 0 Å². The molecule has 2 rings (SSSR count). The third-order valence-corrected chi connectivity index (χ3v) is 4.43. The van der Waals surface area contributed by atoms with Crippen LogP contribution in [-0.4, -0.2) is 44.9 Å². The van der Waals surface area contributed by atoms with Crippen molar-refractivity contribution in [2.24, 2.45) is 5.16 Å². The minimum atomic E-state index is -1.35. The van der Waals surface area contributed by atoms with Crippen molar-refractivity contribution in [3.8, 4) is 0 Å². The summed E-state index contributed by atoms with van der Waals surface area (Å²) in [5.41, 5.74) is -2.14. The normalized spacial score (nSPS) is 16.4. The first-order valence-electron chi connectivity index (χ1n) is 7.99. The molecule has 2 N–H and O–H groups in total. The van der Waals surface area contributed by atoms with Crippen LogP contribution in [-0.2, 0) is 19.2 Å². The molecule has 1 amide bonds. The van der Waals surface area contributed by atoms with E-state index in [2.05, 4.69) is 15.5 Å². The Morgan fingerprint density at radius 2 is 2.00 bits per heavy atom. The lowest BCUT2D eigenvalue weighted by atomic mass is 9.77. The number of hydrogen-bond acceptors (Lipinski definition) is 8. The zero-order valence-corrected chi connectivity index (χ0v) is 15.8. The number of hydrogen-bond donors (Lipinski definition) is 2. The fourth-order valence-corrected chi connectivity index (χ4v) is 2.85. The number of carbonyl (C=O) groups is 3. The predicted molar refractivity (Wildman–Crippen MR) is 94.5 cm³/mol. The largest absolute Gasteiger partial charge is 0.476 e. The number of oxime groups is 1. The number of rotatable bonds is 6. The van der Waals surface area contributed by atoms with Crippen LogP contribution in [0.1, 0.15) is 52.7 Å². The minimum Gasteiger partial charge on any atom is -0.476 e. The van der Waals surface area contributed by atoms with Gasteiger partial charge >= 0.3 is 12.1 Å². The molecule has 0 unspecified atom stereocenters. The fourth-order valence-electron chi connectivity index (χ4n) is 2.16. The van der Waals surface area contributed by atoms with E-state index in [0.29, 0.717) is 12.8 Å². The van der Waals surface area contributed by atoms with Crippen molar-refractivity contribution < 1.29 is 29.1 Å². The van der Waals surface area contributed by atoms with Crippen LogP contribution in [0.25, 0.3) is 0 Å². The third kappa shape index (κ3) is 4.78. The Kier molecular flexibility index (Phi) is 5.65. The molecule has 1 aliphatic carbocycles. The molecule has 1 aliphatic rings. The molecule has 1 aromatic heterocycles. The van der Waals surface area contributed by atoms with Crippen molar-refractivity contribution in [1.82, 2.24) is 4.98 Å². The van der Waals surface area contributed by atoms with E-state index in [1.54, 1.807) is 20.8 Å². The summed E-state index contributed by atoms with van der Waals surface area (Å²) >= 11 is 1.02. The molecule has 26 heavy (non-hydrogen) atoms. The molecule has 1 saturated carbocycles. The van der Waals surface area contributed by atoms with E-state index in [4.69, 9.17) is 9.57 Å². The lowest BCUT2D eigenvalue weighted by Crippen LogP contribution is -2.45. The van der Waals surface area contributed by atoms with Crippen LogP contribution in [0.3, 0.4) is 0 Å². The first-order valence-corrected chi connectivity index (χ1v) is 8.87. The summed E-state index contributed by atoms with van der Waals surface area (Å²) in [6.07, 6.45) is 1.12. The highest BCUT2D eigenvalue weighted by atomic mass is 32.1. The summed E-state index contributed by atoms with van der Waals surface area (Å²) in [6, 6.07) is 0. The summed E-state index contributed by atoms with van der Waals surface area (Å²) in [5, 5.41) is 17.0. The molecule has 142 valence electrons. The van der Waals surface area contributed by atoms with Crippen molar-refractivity contribution in [2.45, 2.75) is 58.2 Å². The van der Waals surface area contributed by atoms with Gasteiger partial charge in [-0.1, -0.05) is 5.16 Å². The second kappa shape index (κ2) is 7.40. The van der Waals surface area contributed by atoms with Gasteiger partial charge in [0, 0.05) is 5.38 Å². The Hall–Kier alpha value is -2.49. The highest BCUT2D eigenvalue weighted by molar-refractivity contribution is 7.14. The van der Waals surface area contributed by atoms with Crippen LogP contribution in [0.4, 0.5) is 9.93 Å². The average molecular weight is 383 g/mol. The molecule has 10 heteroatoms. The number of carbonyl (C=O) groups excluding carboxylic acids is 2. The Labute approximate surface area is 154 Å². The van der Waals surface area contributed by atoms with Crippen molar-refractivity contribution in [3.05, 3.63) is 11.1 Å². The minimum absolute atomic E-state index is 0.0200. The highest BCUT2D eigenvalue weighted by Crippen LogP contribution is 2.36. The van der Waals surface area contributed by atoms with Crippen LogP contribution in [0.15, 0.2) is 10.5 Å². The smallest absolute Gasteiger partial charge is 0.413 e. The van der Waals surface area contributed by atoms with Gasteiger partial charge in [-0.3, -0.25) is 10.1 Å². The second-order valence-electron chi connectivity index (χ2n) is 6.91. The maximum Gasteiger partial charge on any atom is 0.413 e. The van der Waals surface area contributed by atoms with Gasteiger partial charge in [-0.25, -0.2) is 14.6 Å². The number of aromatic nitrogens is 1. The first-order chi connectivity index (χ1) is 12.0. The number of aliphatic carboxylic acids is 1. The lowest BCUT2D eigenvalue weighted by molar-refractivity contribution is -0.155. The number of thiazole rings is 1. The number of ether oxygens (including phenoxy) is 1. The number of ketones is 1. The quantitative estimate of drug-likeness (QED) is 0.571. The van der Waals surface area contributed by atoms with E-state index in [1.165, 1.54) is 12.3 Å². The van der Waals surface area contributed by atoms with E-state index in [1.807, 2.05) is 0 Å². The maximum atomic E-state index is 11.7. The Morgan fingerprint density at radius 3 is 2.46 bits per heavy atom. The van der Waals surface area contributed by atoms with Gasteiger partial charge in [0.15, 0.2) is 16.5 Å². The molecule has 1 fully saturated rings. The Balaban J connectivity index is 2.12. The number of amides is 1. The summed E-state index contributed by atoms with van der Waals surface area (Å²) in [4.78, 5) is 44.2.